The minimum Gasteiger partial charge on any atom is -0.497 e. The molecular weight excluding hydrogens is 424 g/mol. The molecule has 164 valence electrons. The Labute approximate surface area is 192 Å². The van der Waals surface area contributed by atoms with Crippen molar-refractivity contribution in [1.82, 2.24) is 10.3 Å². The third-order valence-corrected chi connectivity index (χ3v) is 5.72. The highest BCUT2D eigenvalue weighted by molar-refractivity contribution is 6.31. The molecule has 3 aromatic carbocycles. The summed E-state index contributed by atoms with van der Waals surface area (Å²) in [6.45, 7) is 1.29. The Hall–Kier alpha value is -3.28. The highest BCUT2D eigenvalue weighted by Gasteiger charge is 2.13. The Morgan fingerprint density at radius 2 is 1.56 bits per heavy atom. The van der Waals surface area contributed by atoms with E-state index < -0.39 is 0 Å². The van der Waals surface area contributed by atoms with Crippen LogP contribution in [0.1, 0.15) is 11.1 Å². The third-order valence-electron chi connectivity index (χ3n) is 5.35. The number of hydrogen-bond acceptors (Lipinski definition) is 5. The molecule has 1 aromatic heterocycles. The summed E-state index contributed by atoms with van der Waals surface area (Å²) in [5.74, 6) is 2.11. The molecule has 0 bridgehead atoms. The maximum Gasteiger partial charge on any atom is 0.161 e. The molecule has 0 aliphatic carbocycles. The SMILES string of the molecule is COc1ccc2cc(CNCc3ccccc3Cl)c(-c3ccc(OC)c(OC)c3)nc2c1. The van der Waals surface area contributed by atoms with Gasteiger partial charge in [0, 0.05) is 35.1 Å². The van der Waals surface area contributed by atoms with Crippen LogP contribution in [0.25, 0.3) is 22.2 Å². The van der Waals surface area contributed by atoms with Crippen molar-refractivity contribution in [2.75, 3.05) is 21.3 Å². The zero-order chi connectivity index (χ0) is 22.5. The fraction of sp³-hybridized carbons (Fsp3) is 0.192. The van der Waals surface area contributed by atoms with Crippen LogP contribution in [-0.4, -0.2) is 26.3 Å². The predicted octanol–water partition coefficient (Wildman–Crippen LogP) is 5.87. The van der Waals surface area contributed by atoms with E-state index in [-0.39, 0.29) is 0 Å². The quantitative estimate of drug-likeness (QED) is 0.365. The van der Waals surface area contributed by atoms with Crippen molar-refractivity contribution in [1.29, 1.82) is 0 Å². The van der Waals surface area contributed by atoms with Crippen molar-refractivity contribution in [3.8, 4) is 28.5 Å². The first-order valence-electron chi connectivity index (χ1n) is 10.3. The van der Waals surface area contributed by atoms with Crippen LogP contribution in [0.15, 0.2) is 66.7 Å². The molecule has 1 heterocycles. The number of pyridine rings is 1. The molecule has 0 fully saturated rings. The summed E-state index contributed by atoms with van der Waals surface area (Å²) in [7, 11) is 4.91. The minimum absolute atomic E-state index is 0.629. The zero-order valence-electron chi connectivity index (χ0n) is 18.3. The smallest absolute Gasteiger partial charge is 0.161 e. The van der Waals surface area contributed by atoms with Gasteiger partial charge < -0.3 is 19.5 Å². The van der Waals surface area contributed by atoms with E-state index in [9.17, 15) is 0 Å². The Kier molecular flexibility index (Phi) is 6.78. The molecular formula is C26H25ClN2O3. The normalized spacial score (nSPS) is 10.9. The van der Waals surface area contributed by atoms with Crippen molar-refractivity contribution in [3.63, 3.8) is 0 Å². The summed E-state index contributed by atoms with van der Waals surface area (Å²) >= 11 is 6.31. The second-order valence-electron chi connectivity index (χ2n) is 7.32. The highest BCUT2D eigenvalue weighted by atomic mass is 35.5. The lowest BCUT2D eigenvalue weighted by molar-refractivity contribution is 0.355. The summed E-state index contributed by atoms with van der Waals surface area (Å²) < 4.78 is 16.3. The molecule has 0 saturated heterocycles. The molecule has 0 amide bonds. The molecule has 0 aliphatic rings. The van der Waals surface area contributed by atoms with Gasteiger partial charge in [0.15, 0.2) is 11.5 Å². The molecule has 32 heavy (non-hydrogen) atoms. The standard InChI is InChI=1S/C26H25ClN2O3/c1-30-21-10-8-17-12-20(16-28-15-19-6-4-5-7-22(19)27)26(29-23(17)14-21)18-9-11-24(31-2)25(13-18)32-3/h4-14,28H,15-16H2,1-3H3. The van der Waals surface area contributed by atoms with E-state index in [0.29, 0.717) is 24.6 Å². The van der Waals surface area contributed by atoms with Crippen LogP contribution >= 0.6 is 11.6 Å². The number of nitrogens with one attached hydrogen (secondary N) is 1. The monoisotopic (exact) mass is 448 g/mol. The van der Waals surface area contributed by atoms with E-state index in [0.717, 1.165) is 44.1 Å². The van der Waals surface area contributed by atoms with Crippen LogP contribution in [0.5, 0.6) is 17.2 Å². The Morgan fingerprint density at radius 1 is 0.781 bits per heavy atom. The molecule has 0 spiro atoms. The number of ether oxygens (including phenoxy) is 3. The topological polar surface area (TPSA) is 52.6 Å². The predicted molar refractivity (Wildman–Crippen MR) is 129 cm³/mol. The molecule has 5 nitrogen and oxygen atoms in total. The van der Waals surface area contributed by atoms with Crippen molar-refractivity contribution < 1.29 is 14.2 Å². The van der Waals surface area contributed by atoms with Gasteiger partial charge in [-0.15, -0.1) is 0 Å². The van der Waals surface area contributed by atoms with Gasteiger partial charge >= 0.3 is 0 Å². The average molecular weight is 449 g/mol. The first-order chi connectivity index (χ1) is 15.6. The maximum absolute atomic E-state index is 6.31. The Balaban J connectivity index is 1.73. The molecule has 1 N–H and O–H groups in total. The summed E-state index contributed by atoms with van der Waals surface area (Å²) in [6.07, 6.45) is 0. The Bertz CT molecular complexity index is 1240. The second kappa shape index (κ2) is 9.90. The van der Waals surface area contributed by atoms with Crippen LogP contribution in [0.2, 0.25) is 5.02 Å². The van der Waals surface area contributed by atoms with Gasteiger partial charge in [-0.25, -0.2) is 4.98 Å². The van der Waals surface area contributed by atoms with E-state index in [2.05, 4.69) is 11.4 Å². The highest BCUT2D eigenvalue weighted by Crippen LogP contribution is 2.34. The maximum atomic E-state index is 6.31. The summed E-state index contributed by atoms with van der Waals surface area (Å²) in [5, 5.41) is 5.30. The number of nitrogens with zero attached hydrogens (tertiary/aromatic N) is 1. The van der Waals surface area contributed by atoms with Crippen LogP contribution in [-0.2, 0) is 13.1 Å². The van der Waals surface area contributed by atoms with Gasteiger partial charge in [0.05, 0.1) is 32.5 Å². The van der Waals surface area contributed by atoms with Gasteiger partial charge in [-0.1, -0.05) is 29.8 Å². The van der Waals surface area contributed by atoms with Gasteiger partial charge in [0.25, 0.3) is 0 Å². The van der Waals surface area contributed by atoms with Crippen LogP contribution < -0.4 is 19.5 Å². The van der Waals surface area contributed by atoms with Crippen molar-refractivity contribution >= 4 is 22.5 Å². The molecule has 0 aliphatic heterocycles. The first kappa shape index (κ1) is 21.9. The lowest BCUT2D eigenvalue weighted by Gasteiger charge is -2.15. The molecule has 0 saturated carbocycles. The van der Waals surface area contributed by atoms with E-state index in [1.165, 1.54) is 0 Å². The fourth-order valence-corrected chi connectivity index (χ4v) is 3.86. The fourth-order valence-electron chi connectivity index (χ4n) is 3.66. The minimum atomic E-state index is 0.629. The summed E-state index contributed by atoms with van der Waals surface area (Å²) in [6, 6.07) is 21.8. The number of rotatable bonds is 8. The second-order valence-corrected chi connectivity index (χ2v) is 7.73. The number of fused-ring (bicyclic) bond motifs is 1. The van der Waals surface area contributed by atoms with Crippen molar-refractivity contribution in [2.45, 2.75) is 13.1 Å². The molecule has 6 heteroatoms. The van der Waals surface area contributed by atoms with E-state index in [1.54, 1.807) is 21.3 Å². The van der Waals surface area contributed by atoms with Crippen molar-refractivity contribution in [2.24, 2.45) is 0 Å². The number of methoxy groups -OCH3 is 3. The average Bonchev–Trinajstić information content (AvgIpc) is 2.84. The summed E-state index contributed by atoms with van der Waals surface area (Å²) in [4.78, 5) is 4.99. The third kappa shape index (κ3) is 4.64. The van der Waals surface area contributed by atoms with Gasteiger partial charge in [-0.2, -0.15) is 0 Å². The van der Waals surface area contributed by atoms with E-state index in [1.807, 2.05) is 60.7 Å². The zero-order valence-corrected chi connectivity index (χ0v) is 19.1. The van der Waals surface area contributed by atoms with Gasteiger partial charge in [-0.05, 0) is 53.6 Å². The number of halogens is 1. The first-order valence-corrected chi connectivity index (χ1v) is 10.6. The Morgan fingerprint density at radius 3 is 2.31 bits per heavy atom. The van der Waals surface area contributed by atoms with E-state index in [4.69, 9.17) is 30.8 Å². The molecule has 4 rings (SSSR count). The van der Waals surface area contributed by atoms with Crippen LogP contribution in [0.3, 0.4) is 0 Å². The van der Waals surface area contributed by atoms with Crippen molar-refractivity contribution in [3.05, 3.63) is 82.9 Å². The lowest BCUT2D eigenvalue weighted by Crippen LogP contribution is -2.14. The van der Waals surface area contributed by atoms with Gasteiger partial charge in [0.1, 0.15) is 5.75 Å². The van der Waals surface area contributed by atoms with Crippen LogP contribution in [0.4, 0.5) is 0 Å². The number of benzene rings is 3. The van der Waals surface area contributed by atoms with Gasteiger partial charge in [0.2, 0.25) is 0 Å². The van der Waals surface area contributed by atoms with Crippen LogP contribution in [0, 0.1) is 0 Å². The number of hydrogen-bond donors (Lipinski definition) is 1. The molecule has 0 atom stereocenters. The lowest BCUT2D eigenvalue weighted by atomic mass is 10.0. The van der Waals surface area contributed by atoms with Gasteiger partial charge in [-0.3, -0.25) is 0 Å². The number of aromatic nitrogens is 1. The largest absolute Gasteiger partial charge is 0.497 e. The van der Waals surface area contributed by atoms with E-state index >= 15 is 0 Å². The molecule has 0 unspecified atom stereocenters. The molecule has 4 aromatic rings. The summed E-state index contributed by atoms with van der Waals surface area (Å²) in [5.41, 5.74) is 4.81. The molecule has 0 radical (unpaired) electrons.